The zero-order valence-electron chi connectivity index (χ0n) is 12.2. The van der Waals surface area contributed by atoms with Gasteiger partial charge < -0.3 is 10.6 Å². The fraction of sp³-hybridized carbons (Fsp3) is 0.467. The lowest BCUT2D eigenvalue weighted by Crippen LogP contribution is -2.36. The highest BCUT2D eigenvalue weighted by atomic mass is 32.2. The Labute approximate surface area is 124 Å². The molecule has 20 heavy (non-hydrogen) atoms. The number of nitrogens with one attached hydrogen (secondary N) is 2. The Balaban J connectivity index is 2.39. The van der Waals surface area contributed by atoms with Gasteiger partial charge in [0.25, 0.3) is 0 Å². The molecule has 0 saturated heterocycles. The highest BCUT2D eigenvalue weighted by Gasteiger charge is 2.07. The van der Waals surface area contributed by atoms with Crippen LogP contribution in [0.25, 0.3) is 0 Å². The number of hydrogen-bond donors (Lipinski definition) is 2. The van der Waals surface area contributed by atoms with E-state index in [1.807, 2.05) is 18.7 Å². The molecule has 1 aromatic carbocycles. The van der Waals surface area contributed by atoms with Gasteiger partial charge in [0.1, 0.15) is 0 Å². The standard InChI is InChI=1S/C15H22N2O2S/c1-4-20-10-9-11(2)16-15(19)17-14-7-5-13(6-8-14)12(3)18/h5-8,11H,4,9-10H2,1-3H3,(H2,16,17,19). The summed E-state index contributed by atoms with van der Waals surface area (Å²) in [6.07, 6.45) is 0.954. The molecule has 0 radical (unpaired) electrons. The zero-order valence-corrected chi connectivity index (χ0v) is 13.0. The number of benzene rings is 1. The van der Waals surface area contributed by atoms with Gasteiger partial charge in [0.05, 0.1) is 0 Å². The van der Waals surface area contributed by atoms with Crippen molar-refractivity contribution in [2.75, 3.05) is 16.8 Å². The van der Waals surface area contributed by atoms with Crippen molar-refractivity contribution in [2.45, 2.75) is 33.2 Å². The first kappa shape index (κ1) is 16.6. The van der Waals surface area contributed by atoms with E-state index in [2.05, 4.69) is 17.6 Å². The third kappa shape index (κ3) is 6.10. The van der Waals surface area contributed by atoms with E-state index in [0.29, 0.717) is 11.3 Å². The normalized spacial score (nSPS) is 11.8. The number of carbonyl (C=O) groups is 2. The van der Waals surface area contributed by atoms with Crippen molar-refractivity contribution in [3.63, 3.8) is 0 Å². The van der Waals surface area contributed by atoms with Gasteiger partial charge in [0.2, 0.25) is 0 Å². The van der Waals surface area contributed by atoms with Crippen LogP contribution in [0.4, 0.5) is 10.5 Å². The van der Waals surface area contributed by atoms with Crippen molar-refractivity contribution in [2.24, 2.45) is 0 Å². The summed E-state index contributed by atoms with van der Waals surface area (Å²) >= 11 is 1.87. The Morgan fingerprint density at radius 2 is 1.90 bits per heavy atom. The third-order valence-corrected chi connectivity index (χ3v) is 3.76. The molecule has 0 saturated carbocycles. The molecule has 0 bridgehead atoms. The van der Waals surface area contributed by atoms with Gasteiger partial charge in [-0.15, -0.1) is 0 Å². The van der Waals surface area contributed by atoms with Gasteiger partial charge >= 0.3 is 6.03 Å². The van der Waals surface area contributed by atoms with Crippen LogP contribution in [-0.4, -0.2) is 29.4 Å². The van der Waals surface area contributed by atoms with Crippen LogP contribution in [0, 0.1) is 0 Å². The number of carbonyl (C=O) groups excluding carboxylic acids is 2. The zero-order chi connectivity index (χ0) is 15.0. The van der Waals surface area contributed by atoms with E-state index >= 15 is 0 Å². The molecular formula is C15H22N2O2S. The van der Waals surface area contributed by atoms with E-state index in [-0.39, 0.29) is 17.9 Å². The Bertz CT molecular complexity index is 446. The first-order chi connectivity index (χ1) is 9.52. The molecule has 1 aromatic rings. The number of thioether (sulfide) groups is 1. The summed E-state index contributed by atoms with van der Waals surface area (Å²) in [5.41, 5.74) is 1.32. The predicted molar refractivity (Wildman–Crippen MR) is 85.7 cm³/mol. The van der Waals surface area contributed by atoms with E-state index < -0.39 is 0 Å². The minimum absolute atomic E-state index is 0.0167. The first-order valence-electron chi connectivity index (χ1n) is 6.79. The predicted octanol–water partition coefficient (Wildman–Crippen LogP) is 3.54. The summed E-state index contributed by atoms with van der Waals surface area (Å²) in [6, 6.07) is 6.81. The number of anilines is 1. The lowest BCUT2D eigenvalue weighted by Gasteiger charge is -2.14. The lowest BCUT2D eigenvalue weighted by molar-refractivity contribution is 0.101. The molecule has 2 N–H and O–H groups in total. The van der Waals surface area contributed by atoms with E-state index in [1.54, 1.807) is 24.3 Å². The molecule has 5 heteroatoms. The Hall–Kier alpha value is -1.49. The summed E-state index contributed by atoms with van der Waals surface area (Å²) in [4.78, 5) is 22.9. The fourth-order valence-electron chi connectivity index (χ4n) is 1.66. The highest BCUT2D eigenvalue weighted by Crippen LogP contribution is 2.10. The number of urea groups is 1. The third-order valence-electron chi connectivity index (χ3n) is 2.83. The summed E-state index contributed by atoms with van der Waals surface area (Å²) in [7, 11) is 0. The second-order valence-electron chi connectivity index (χ2n) is 4.62. The van der Waals surface area contributed by atoms with Gasteiger partial charge in [-0.3, -0.25) is 4.79 Å². The van der Waals surface area contributed by atoms with Crippen LogP contribution in [0.5, 0.6) is 0 Å². The average Bonchev–Trinajstić information content (AvgIpc) is 2.39. The van der Waals surface area contributed by atoms with Crippen molar-refractivity contribution in [3.8, 4) is 0 Å². The van der Waals surface area contributed by atoms with Gasteiger partial charge in [-0.1, -0.05) is 6.92 Å². The highest BCUT2D eigenvalue weighted by molar-refractivity contribution is 7.99. The summed E-state index contributed by atoms with van der Waals surface area (Å²) in [6.45, 7) is 5.64. The summed E-state index contributed by atoms with van der Waals surface area (Å²) in [5.74, 6) is 2.16. The van der Waals surface area contributed by atoms with E-state index in [9.17, 15) is 9.59 Å². The smallest absolute Gasteiger partial charge is 0.319 e. The summed E-state index contributed by atoms with van der Waals surface area (Å²) in [5, 5.41) is 5.66. The Morgan fingerprint density at radius 3 is 2.45 bits per heavy atom. The van der Waals surface area contributed by atoms with Gasteiger partial charge in [-0.05, 0) is 56.0 Å². The van der Waals surface area contributed by atoms with Gasteiger partial charge in [-0.25, -0.2) is 4.79 Å². The molecule has 0 heterocycles. The van der Waals surface area contributed by atoms with Crippen LogP contribution >= 0.6 is 11.8 Å². The van der Waals surface area contributed by atoms with Crippen LogP contribution in [0.1, 0.15) is 37.6 Å². The SMILES string of the molecule is CCSCCC(C)NC(=O)Nc1ccc(C(C)=O)cc1. The molecule has 110 valence electrons. The van der Waals surface area contributed by atoms with Crippen molar-refractivity contribution >= 4 is 29.3 Å². The molecule has 0 aliphatic heterocycles. The largest absolute Gasteiger partial charge is 0.335 e. The molecule has 4 nitrogen and oxygen atoms in total. The minimum Gasteiger partial charge on any atom is -0.335 e. The topological polar surface area (TPSA) is 58.2 Å². The monoisotopic (exact) mass is 294 g/mol. The van der Waals surface area contributed by atoms with Crippen molar-refractivity contribution < 1.29 is 9.59 Å². The molecule has 1 atom stereocenters. The number of rotatable bonds is 7. The molecule has 0 aliphatic carbocycles. The van der Waals surface area contributed by atoms with E-state index in [4.69, 9.17) is 0 Å². The van der Waals surface area contributed by atoms with Crippen molar-refractivity contribution in [3.05, 3.63) is 29.8 Å². The molecule has 0 aromatic heterocycles. The lowest BCUT2D eigenvalue weighted by atomic mass is 10.1. The van der Waals surface area contributed by atoms with Crippen molar-refractivity contribution in [1.29, 1.82) is 0 Å². The number of hydrogen-bond acceptors (Lipinski definition) is 3. The minimum atomic E-state index is -0.213. The van der Waals surface area contributed by atoms with Gasteiger partial charge in [0.15, 0.2) is 5.78 Å². The van der Waals surface area contributed by atoms with Crippen LogP contribution in [0.2, 0.25) is 0 Å². The van der Waals surface area contributed by atoms with Crippen LogP contribution < -0.4 is 10.6 Å². The number of ketones is 1. The average molecular weight is 294 g/mol. The number of Topliss-reactive ketones (excluding diaryl/α,β-unsaturated/α-hetero) is 1. The second kappa shape index (κ2) is 8.64. The second-order valence-corrected chi connectivity index (χ2v) is 6.01. The van der Waals surface area contributed by atoms with E-state index in [0.717, 1.165) is 17.9 Å². The van der Waals surface area contributed by atoms with Crippen molar-refractivity contribution in [1.82, 2.24) is 5.32 Å². The summed E-state index contributed by atoms with van der Waals surface area (Å²) < 4.78 is 0. The maximum Gasteiger partial charge on any atom is 0.319 e. The quantitative estimate of drug-likeness (QED) is 0.597. The molecule has 0 spiro atoms. The number of amides is 2. The van der Waals surface area contributed by atoms with Gasteiger partial charge in [0, 0.05) is 17.3 Å². The van der Waals surface area contributed by atoms with Crippen LogP contribution in [-0.2, 0) is 0 Å². The Morgan fingerprint density at radius 1 is 1.25 bits per heavy atom. The fourth-order valence-corrected chi connectivity index (χ4v) is 2.46. The molecule has 1 rings (SSSR count). The first-order valence-corrected chi connectivity index (χ1v) is 7.94. The maximum absolute atomic E-state index is 11.8. The molecule has 0 aliphatic rings. The molecule has 1 unspecified atom stereocenters. The Kier molecular flexibility index (Phi) is 7.15. The molecule has 0 fully saturated rings. The molecular weight excluding hydrogens is 272 g/mol. The van der Waals surface area contributed by atoms with Gasteiger partial charge in [-0.2, -0.15) is 11.8 Å². The van der Waals surface area contributed by atoms with Crippen LogP contribution in [0.15, 0.2) is 24.3 Å². The van der Waals surface area contributed by atoms with Crippen LogP contribution in [0.3, 0.4) is 0 Å². The molecule has 2 amide bonds. The van der Waals surface area contributed by atoms with E-state index in [1.165, 1.54) is 6.92 Å². The maximum atomic E-state index is 11.8.